The van der Waals surface area contributed by atoms with Crippen LogP contribution in [0, 0.1) is 5.92 Å². The summed E-state index contributed by atoms with van der Waals surface area (Å²) < 4.78 is 6.04. The molecule has 126 valence electrons. The summed E-state index contributed by atoms with van der Waals surface area (Å²) in [5, 5.41) is 0. The van der Waals surface area contributed by atoms with Crippen LogP contribution in [0.1, 0.15) is 78.9 Å². The van der Waals surface area contributed by atoms with Crippen molar-refractivity contribution in [2.75, 3.05) is 6.61 Å². The molecule has 3 rings (SSSR count). The second-order valence-electron chi connectivity index (χ2n) is 7.08. The number of amides is 1. The van der Waals surface area contributed by atoms with Crippen LogP contribution in [0.5, 0.6) is 5.75 Å². The number of hydrogen-bond donors (Lipinski definition) is 2. The maximum absolute atomic E-state index is 11.9. The first-order chi connectivity index (χ1) is 11.1. The van der Waals surface area contributed by atoms with Crippen molar-refractivity contribution in [2.45, 2.75) is 63.8 Å². The van der Waals surface area contributed by atoms with Crippen LogP contribution in [0.2, 0.25) is 0 Å². The third kappa shape index (κ3) is 3.86. The van der Waals surface area contributed by atoms with Crippen molar-refractivity contribution in [1.29, 1.82) is 0 Å². The highest BCUT2D eigenvalue weighted by Gasteiger charge is 2.22. The molecule has 1 aromatic rings. The number of fused-ring (bicyclic) bond motifs is 1. The van der Waals surface area contributed by atoms with Gasteiger partial charge in [0.05, 0.1) is 12.2 Å². The predicted octanol–water partition coefficient (Wildman–Crippen LogP) is 3.47. The van der Waals surface area contributed by atoms with Crippen molar-refractivity contribution >= 4 is 5.91 Å². The van der Waals surface area contributed by atoms with Crippen molar-refractivity contribution < 1.29 is 9.53 Å². The van der Waals surface area contributed by atoms with Crippen LogP contribution in [0.3, 0.4) is 0 Å². The minimum Gasteiger partial charge on any atom is -0.492 e. The molecule has 4 nitrogen and oxygen atoms in total. The molecule has 1 atom stereocenters. The van der Waals surface area contributed by atoms with Gasteiger partial charge in [0.15, 0.2) is 0 Å². The molecule has 4 heteroatoms. The summed E-state index contributed by atoms with van der Waals surface area (Å²) in [6.45, 7) is 0.686. The zero-order valence-corrected chi connectivity index (χ0v) is 13.9. The number of rotatable bonds is 4. The molecule has 0 aromatic heterocycles. The molecule has 0 aliphatic heterocycles. The molecule has 0 radical (unpaired) electrons. The summed E-state index contributed by atoms with van der Waals surface area (Å²) in [5.74, 6) is 0.823. The number of primary amides is 1. The maximum atomic E-state index is 11.9. The molecule has 1 fully saturated rings. The monoisotopic (exact) mass is 316 g/mol. The van der Waals surface area contributed by atoms with E-state index in [4.69, 9.17) is 16.2 Å². The van der Waals surface area contributed by atoms with Crippen molar-refractivity contribution in [2.24, 2.45) is 17.4 Å². The van der Waals surface area contributed by atoms with Crippen LogP contribution in [-0.2, 0) is 6.42 Å². The number of aryl methyl sites for hydroxylation is 1. The van der Waals surface area contributed by atoms with Crippen molar-refractivity contribution in [3.63, 3.8) is 0 Å². The molecule has 4 N–H and O–H groups in total. The first-order valence-corrected chi connectivity index (χ1v) is 9.00. The van der Waals surface area contributed by atoms with E-state index < -0.39 is 5.91 Å². The zero-order valence-electron chi connectivity index (χ0n) is 13.9. The topological polar surface area (TPSA) is 78.3 Å². The standard InChI is InChI=1S/C19H28N2O2/c20-17-9-5-4-8-14-10-18(16(19(21)22)11-15(14)17)23-12-13-6-2-1-3-7-13/h10-11,13,17H,1-9,12,20H2,(H2,21,22). The van der Waals surface area contributed by atoms with E-state index in [1.807, 2.05) is 12.1 Å². The van der Waals surface area contributed by atoms with E-state index >= 15 is 0 Å². The maximum Gasteiger partial charge on any atom is 0.252 e. The number of ether oxygens (including phenoxy) is 1. The van der Waals surface area contributed by atoms with Gasteiger partial charge in [-0.3, -0.25) is 4.79 Å². The fourth-order valence-electron chi connectivity index (χ4n) is 3.91. The van der Waals surface area contributed by atoms with Crippen LogP contribution in [0.25, 0.3) is 0 Å². The lowest BCUT2D eigenvalue weighted by Crippen LogP contribution is -2.20. The Kier molecular flexibility index (Phi) is 5.21. The van der Waals surface area contributed by atoms with Crippen LogP contribution in [0.4, 0.5) is 0 Å². The number of carbonyl (C=O) groups excluding carboxylic acids is 1. The summed E-state index contributed by atoms with van der Waals surface area (Å²) in [4.78, 5) is 11.9. The molecular weight excluding hydrogens is 288 g/mol. The summed E-state index contributed by atoms with van der Waals surface area (Å²) in [6.07, 6.45) is 10.6. The molecular formula is C19H28N2O2. The average Bonchev–Trinajstić information content (AvgIpc) is 2.74. The van der Waals surface area contributed by atoms with Gasteiger partial charge >= 0.3 is 0 Å². The van der Waals surface area contributed by atoms with Gasteiger partial charge in [0, 0.05) is 6.04 Å². The van der Waals surface area contributed by atoms with Crippen molar-refractivity contribution in [1.82, 2.24) is 0 Å². The molecule has 1 amide bonds. The second kappa shape index (κ2) is 7.35. The van der Waals surface area contributed by atoms with Gasteiger partial charge in [-0.25, -0.2) is 0 Å². The van der Waals surface area contributed by atoms with E-state index in [1.165, 1.54) is 37.7 Å². The van der Waals surface area contributed by atoms with Gasteiger partial charge in [-0.05, 0) is 61.3 Å². The van der Waals surface area contributed by atoms with Crippen LogP contribution >= 0.6 is 0 Å². The molecule has 1 unspecified atom stereocenters. The van der Waals surface area contributed by atoms with E-state index in [1.54, 1.807) is 0 Å². The third-order valence-corrected chi connectivity index (χ3v) is 5.32. The van der Waals surface area contributed by atoms with Crippen LogP contribution < -0.4 is 16.2 Å². The van der Waals surface area contributed by atoms with E-state index in [0.717, 1.165) is 31.2 Å². The van der Waals surface area contributed by atoms with Gasteiger partial charge in [-0.15, -0.1) is 0 Å². The summed E-state index contributed by atoms with van der Waals surface area (Å²) in [5.41, 5.74) is 14.6. The lowest BCUT2D eigenvalue weighted by atomic mass is 9.90. The van der Waals surface area contributed by atoms with E-state index in [9.17, 15) is 4.79 Å². The van der Waals surface area contributed by atoms with Crippen molar-refractivity contribution in [3.05, 3.63) is 28.8 Å². The van der Waals surface area contributed by atoms with Gasteiger partial charge in [0.25, 0.3) is 5.91 Å². The van der Waals surface area contributed by atoms with Gasteiger partial charge in [-0.1, -0.05) is 25.7 Å². The zero-order chi connectivity index (χ0) is 16.2. The van der Waals surface area contributed by atoms with Gasteiger partial charge in [0.1, 0.15) is 5.75 Å². The lowest BCUT2D eigenvalue weighted by molar-refractivity contribution is 0.0994. The van der Waals surface area contributed by atoms with Crippen molar-refractivity contribution in [3.8, 4) is 5.75 Å². The minimum absolute atomic E-state index is 0.00186. The first-order valence-electron chi connectivity index (χ1n) is 9.00. The minimum atomic E-state index is -0.428. The van der Waals surface area contributed by atoms with E-state index in [-0.39, 0.29) is 6.04 Å². The molecule has 1 saturated carbocycles. The highest BCUT2D eigenvalue weighted by molar-refractivity contribution is 5.96. The Morgan fingerprint density at radius 3 is 2.57 bits per heavy atom. The molecule has 2 aliphatic rings. The van der Waals surface area contributed by atoms with Gasteiger partial charge in [-0.2, -0.15) is 0 Å². The SMILES string of the molecule is NC(=O)c1cc2c(cc1OCC1CCCCC1)CCCCC2N. The quantitative estimate of drug-likeness (QED) is 0.835. The molecule has 0 spiro atoms. The summed E-state index contributed by atoms with van der Waals surface area (Å²) in [7, 11) is 0. The van der Waals surface area contributed by atoms with Gasteiger partial charge in [0.2, 0.25) is 0 Å². The first kappa shape index (κ1) is 16.3. The highest BCUT2D eigenvalue weighted by atomic mass is 16.5. The Morgan fingerprint density at radius 1 is 1.09 bits per heavy atom. The number of hydrogen-bond acceptors (Lipinski definition) is 3. The average molecular weight is 316 g/mol. The number of benzene rings is 1. The fraction of sp³-hybridized carbons (Fsp3) is 0.632. The smallest absolute Gasteiger partial charge is 0.252 e. The Morgan fingerprint density at radius 2 is 1.83 bits per heavy atom. The number of carbonyl (C=O) groups is 1. The van der Waals surface area contributed by atoms with Gasteiger partial charge < -0.3 is 16.2 Å². The molecule has 0 bridgehead atoms. The Balaban J connectivity index is 1.82. The highest BCUT2D eigenvalue weighted by Crippen LogP contribution is 2.33. The van der Waals surface area contributed by atoms with E-state index in [0.29, 0.717) is 23.8 Å². The molecule has 1 aromatic carbocycles. The molecule has 2 aliphatic carbocycles. The largest absolute Gasteiger partial charge is 0.492 e. The third-order valence-electron chi connectivity index (χ3n) is 5.32. The second-order valence-corrected chi connectivity index (χ2v) is 7.08. The Hall–Kier alpha value is -1.55. The van der Waals surface area contributed by atoms with E-state index in [2.05, 4.69) is 0 Å². The molecule has 0 saturated heterocycles. The fourth-order valence-corrected chi connectivity index (χ4v) is 3.91. The number of nitrogens with two attached hydrogens (primary N) is 2. The van der Waals surface area contributed by atoms with Crippen LogP contribution in [0.15, 0.2) is 12.1 Å². The molecule has 23 heavy (non-hydrogen) atoms. The summed E-state index contributed by atoms with van der Waals surface area (Å²) in [6, 6.07) is 3.89. The predicted molar refractivity (Wildman–Crippen MR) is 91.5 cm³/mol. The molecule has 0 heterocycles. The Labute approximate surface area is 138 Å². The lowest BCUT2D eigenvalue weighted by Gasteiger charge is -2.23. The van der Waals surface area contributed by atoms with Crippen LogP contribution in [-0.4, -0.2) is 12.5 Å². The normalized spacial score (nSPS) is 22.2. The Bertz CT molecular complexity index is 565. The summed E-state index contributed by atoms with van der Waals surface area (Å²) >= 11 is 0.